The number of carbonyl (C=O) groups is 1. The van der Waals surface area contributed by atoms with Crippen LogP contribution in [-0.2, 0) is 17.7 Å². The van der Waals surface area contributed by atoms with Gasteiger partial charge in [-0.3, -0.25) is 9.36 Å². The fourth-order valence-corrected chi connectivity index (χ4v) is 3.32. The first kappa shape index (κ1) is 24.7. The van der Waals surface area contributed by atoms with E-state index in [1.165, 1.54) is 0 Å². The number of hydrogen-bond acceptors (Lipinski definition) is 5. The van der Waals surface area contributed by atoms with Crippen LogP contribution in [0.3, 0.4) is 0 Å². The summed E-state index contributed by atoms with van der Waals surface area (Å²) in [6.45, 7) is 13.0. The normalized spacial score (nSPS) is 12.1. The molecule has 172 valence electrons. The Morgan fingerprint density at radius 3 is 2.39 bits per heavy atom. The summed E-state index contributed by atoms with van der Waals surface area (Å²) < 4.78 is 12.6. The van der Waals surface area contributed by atoms with Gasteiger partial charge in [0.15, 0.2) is 0 Å². The molecule has 0 radical (unpaired) electrons. The molecular weight excluding hydrogens is 394 g/mol. The number of aryl methyl sites for hydroxylation is 1. The number of carbonyl (C=O) groups excluding carboxylic acids is 1. The quantitative estimate of drug-likeness (QED) is 0.597. The Morgan fingerprint density at radius 1 is 1.13 bits per heavy atom. The maximum atomic E-state index is 13.3. The van der Waals surface area contributed by atoms with E-state index in [2.05, 4.69) is 20.8 Å². The Hall–Kier alpha value is -2.57. The van der Waals surface area contributed by atoms with Crippen molar-refractivity contribution in [3.05, 3.63) is 34.4 Å². The summed E-state index contributed by atoms with van der Waals surface area (Å²) in [7, 11) is 3.33. The molecule has 0 atom stereocenters. The van der Waals surface area contributed by atoms with Crippen molar-refractivity contribution in [1.29, 1.82) is 0 Å². The monoisotopic (exact) mass is 431 g/mol. The molecule has 1 amide bonds. The lowest BCUT2D eigenvalue weighted by molar-refractivity contribution is 0.0296. The fourth-order valence-electron chi connectivity index (χ4n) is 3.32. The van der Waals surface area contributed by atoms with Gasteiger partial charge >= 0.3 is 6.09 Å². The van der Waals surface area contributed by atoms with E-state index in [0.29, 0.717) is 36.2 Å². The van der Waals surface area contributed by atoms with Crippen LogP contribution in [0.4, 0.5) is 4.79 Å². The zero-order valence-corrected chi connectivity index (χ0v) is 20.2. The Balaban J connectivity index is 2.21. The topological polar surface area (TPSA) is 73.7 Å². The second-order valence-electron chi connectivity index (χ2n) is 10.2. The minimum atomic E-state index is -0.511. The van der Waals surface area contributed by atoms with Gasteiger partial charge in [-0.1, -0.05) is 26.8 Å². The van der Waals surface area contributed by atoms with Crippen LogP contribution in [0.25, 0.3) is 10.9 Å². The number of benzene rings is 1. The highest BCUT2D eigenvalue weighted by Crippen LogP contribution is 2.23. The molecule has 1 aromatic carbocycles. The van der Waals surface area contributed by atoms with Gasteiger partial charge in [-0.2, -0.15) is 0 Å². The van der Waals surface area contributed by atoms with E-state index in [1.807, 2.05) is 32.9 Å². The lowest BCUT2D eigenvalue weighted by atomic mass is 9.96. The SMILES string of the molecule is COc1cccc2c(=O)n(CC(C)(C)C)c(CCCCN(C)C(=O)OC(C)(C)C)nc12. The molecule has 0 fully saturated rings. The third-order valence-corrected chi connectivity index (χ3v) is 4.73. The molecule has 1 aromatic heterocycles. The summed E-state index contributed by atoms with van der Waals surface area (Å²) >= 11 is 0. The van der Waals surface area contributed by atoms with Crippen molar-refractivity contribution in [1.82, 2.24) is 14.5 Å². The molecule has 0 aliphatic heterocycles. The maximum absolute atomic E-state index is 13.3. The number of hydrogen-bond donors (Lipinski definition) is 0. The van der Waals surface area contributed by atoms with Crippen molar-refractivity contribution in [2.75, 3.05) is 20.7 Å². The summed E-state index contributed by atoms with van der Waals surface area (Å²) in [5, 5.41) is 0.567. The van der Waals surface area contributed by atoms with E-state index in [9.17, 15) is 9.59 Å². The lowest BCUT2D eigenvalue weighted by Crippen LogP contribution is -2.34. The van der Waals surface area contributed by atoms with Crippen LogP contribution in [0.15, 0.2) is 23.0 Å². The molecule has 7 nitrogen and oxygen atoms in total. The van der Waals surface area contributed by atoms with Gasteiger partial charge in [-0.15, -0.1) is 0 Å². The van der Waals surface area contributed by atoms with Gasteiger partial charge < -0.3 is 14.4 Å². The fraction of sp³-hybridized carbons (Fsp3) is 0.625. The summed E-state index contributed by atoms with van der Waals surface area (Å²) in [5.41, 5.74) is -0.0210. The third-order valence-electron chi connectivity index (χ3n) is 4.73. The Morgan fingerprint density at radius 2 is 1.81 bits per heavy atom. The number of nitrogens with zero attached hydrogens (tertiary/aromatic N) is 3. The van der Waals surface area contributed by atoms with Crippen LogP contribution in [0, 0.1) is 5.41 Å². The molecule has 0 bridgehead atoms. The Bertz CT molecular complexity index is 968. The number of aromatic nitrogens is 2. The Kier molecular flexibility index (Phi) is 7.73. The lowest BCUT2D eigenvalue weighted by Gasteiger charge is -2.25. The predicted molar refractivity (Wildman–Crippen MR) is 124 cm³/mol. The zero-order chi connectivity index (χ0) is 23.4. The molecule has 0 aliphatic rings. The second-order valence-corrected chi connectivity index (χ2v) is 10.2. The predicted octanol–water partition coefficient (Wildman–Crippen LogP) is 4.64. The minimum absolute atomic E-state index is 0.0419. The van der Waals surface area contributed by atoms with E-state index < -0.39 is 5.60 Å². The number of fused-ring (bicyclic) bond motifs is 1. The number of amides is 1. The van der Waals surface area contributed by atoms with E-state index in [4.69, 9.17) is 14.5 Å². The number of rotatable bonds is 7. The van der Waals surface area contributed by atoms with Crippen molar-refractivity contribution in [3.63, 3.8) is 0 Å². The largest absolute Gasteiger partial charge is 0.494 e. The highest BCUT2D eigenvalue weighted by molar-refractivity contribution is 5.83. The molecule has 0 unspecified atom stereocenters. The summed E-state index contributed by atoms with van der Waals surface area (Å²) in [5.74, 6) is 1.35. The molecule has 7 heteroatoms. The van der Waals surface area contributed by atoms with Crippen LogP contribution in [0.5, 0.6) is 5.75 Å². The highest BCUT2D eigenvalue weighted by atomic mass is 16.6. The number of para-hydroxylation sites is 1. The van der Waals surface area contributed by atoms with Crippen LogP contribution >= 0.6 is 0 Å². The van der Waals surface area contributed by atoms with Crippen LogP contribution < -0.4 is 10.3 Å². The molecule has 0 aliphatic carbocycles. The van der Waals surface area contributed by atoms with Gasteiger partial charge in [-0.25, -0.2) is 9.78 Å². The second kappa shape index (κ2) is 9.71. The number of unbranched alkanes of at least 4 members (excludes halogenated alkanes) is 1. The van der Waals surface area contributed by atoms with E-state index in [1.54, 1.807) is 29.7 Å². The minimum Gasteiger partial charge on any atom is -0.494 e. The van der Waals surface area contributed by atoms with Crippen molar-refractivity contribution >= 4 is 17.0 Å². The summed E-state index contributed by atoms with van der Waals surface area (Å²) in [4.78, 5) is 31.8. The molecule has 31 heavy (non-hydrogen) atoms. The van der Waals surface area contributed by atoms with Crippen molar-refractivity contribution in [2.24, 2.45) is 5.41 Å². The van der Waals surface area contributed by atoms with E-state index >= 15 is 0 Å². The van der Waals surface area contributed by atoms with Crippen LogP contribution in [-0.4, -0.2) is 46.8 Å². The van der Waals surface area contributed by atoms with Gasteiger partial charge in [0.25, 0.3) is 5.56 Å². The van der Waals surface area contributed by atoms with Gasteiger partial charge in [0.1, 0.15) is 22.7 Å². The first-order valence-electron chi connectivity index (χ1n) is 10.8. The van der Waals surface area contributed by atoms with Gasteiger partial charge in [0.05, 0.1) is 12.5 Å². The van der Waals surface area contributed by atoms with E-state index in [-0.39, 0.29) is 17.1 Å². The molecule has 0 saturated heterocycles. The molecule has 1 heterocycles. The van der Waals surface area contributed by atoms with E-state index in [0.717, 1.165) is 18.7 Å². The summed E-state index contributed by atoms with van der Waals surface area (Å²) in [6.07, 6.45) is 1.89. The van der Waals surface area contributed by atoms with Gasteiger partial charge in [0, 0.05) is 26.6 Å². The van der Waals surface area contributed by atoms with Crippen molar-refractivity contribution < 1.29 is 14.3 Å². The van der Waals surface area contributed by atoms with Crippen LogP contribution in [0.2, 0.25) is 0 Å². The number of methoxy groups -OCH3 is 1. The standard InChI is InChI=1S/C24H37N3O4/c1-23(2,3)16-27-19(14-9-10-15-26(7)22(29)31-24(4,5)6)25-20-17(21(27)28)12-11-13-18(20)30-8/h11-13H,9-10,14-16H2,1-8H3. The zero-order valence-electron chi connectivity index (χ0n) is 20.2. The average Bonchev–Trinajstić information content (AvgIpc) is 2.65. The van der Waals surface area contributed by atoms with Crippen molar-refractivity contribution in [3.8, 4) is 5.75 Å². The van der Waals surface area contributed by atoms with Crippen LogP contribution in [0.1, 0.15) is 60.2 Å². The third kappa shape index (κ3) is 6.97. The first-order chi connectivity index (χ1) is 14.3. The average molecular weight is 432 g/mol. The molecule has 2 aromatic rings. The van der Waals surface area contributed by atoms with Crippen molar-refractivity contribution in [2.45, 2.75) is 73.0 Å². The molecular formula is C24H37N3O4. The van der Waals surface area contributed by atoms with Gasteiger partial charge in [0.2, 0.25) is 0 Å². The van der Waals surface area contributed by atoms with Gasteiger partial charge in [-0.05, 0) is 51.2 Å². The molecule has 0 saturated carbocycles. The molecule has 0 N–H and O–H groups in total. The first-order valence-corrected chi connectivity index (χ1v) is 10.8. The number of ether oxygens (including phenoxy) is 2. The molecule has 2 rings (SSSR count). The maximum Gasteiger partial charge on any atom is 0.410 e. The smallest absolute Gasteiger partial charge is 0.410 e. The Labute approximate surface area is 185 Å². The summed E-state index contributed by atoms with van der Waals surface area (Å²) in [6, 6.07) is 5.44. The highest BCUT2D eigenvalue weighted by Gasteiger charge is 2.21. The molecule has 0 spiro atoms.